The summed E-state index contributed by atoms with van der Waals surface area (Å²) in [6.07, 6.45) is 0. The van der Waals surface area contributed by atoms with Gasteiger partial charge in [-0.05, 0) is 42.0 Å². The number of aliphatic carboxylic acids is 1. The van der Waals surface area contributed by atoms with Crippen LogP contribution in [0, 0.1) is 5.82 Å². The molecule has 6 nitrogen and oxygen atoms in total. The van der Waals surface area contributed by atoms with E-state index in [1.807, 2.05) is 0 Å². The lowest BCUT2D eigenvalue weighted by atomic mass is 10.2. The van der Waals surface area contributed by atoms with Gasteiger partial charge in [-0.1, -0.05) is 12.1 Å². The van der Waals surface area contributed by atoms with Gasteiger partial charge < -0.3 is 20.1 Å². The summed E-state index contributed by atoms with van der Waals surface area (Å²) >= 11 is 0. The number of carboxylic acids is 1. The lowest BCUT2D eigenvalue weighted by Crippen LogP contribution is -2.33. The van der Waals surface area contributed by atoms with Crippen molar-refractivity contribution in [2.75, 3.05) is 6.54 Å². The highest BCUT2D eigenvalue weighted by Gasteiger charge is 2.33. The van der Waals surface area contributed by atoms with E-state index < -0.39 is 18.0 Å². The number of hydrogen-bond acceptors (Lipinski definition) is 3. The van der Waals surface area contributed by atoms with Crippen molar-refractivity contribution in [3.63, 3.8) is 0 Å². The van der Waals surface area contributed by atoms with E-state index >= 15 is 0 Å². The van der Waals surface area contributed by atoms with Crippen LogP contribution in [0.5, 0.6) is 11.5 Å². The first kappa shape index (κ1) is 15.8. The summed E-state index contributed by atoms with van der Waals surface area (Å²) < 4.78 is 18.4. The number of urea groups is 1. The van der Waals surface area contributed by atoms with Gasteiger partial charge in [0, 0.05) is 6.54 Å². The highest BCUT2D eigenvalue weighted by atomic mass is 19.1. The molecule has 2 amide bonds. The summed E-state index contributed by atoms with van der Waals surface area (Å²) in [5.74, 6) is -0.276. The Kier molecular flexibility index (Phi) is 4.33. The van der Waals surface area contributed by atoms with Crippen molar-refractivity contribution < 1.29 is 23.8 Å². The van der Waals surface area contributed by atoms with Gasteiger partial charge in [0.05, 0.1) is 6.54 Å². The second kappa shape index (κ2) is 6.57. The van der Waals surface area contributed by atoms with Gasteiger partial charge in [-0.2, -0.15) is 0 Å². The van der Waals surface area contributed by atoms with E-state index in [1.54, 1.807) is 24.3 Å². The first-order valence-corrected chi connectivity index (χ1v) is 7.32. The van der Waals surface area contributed by atoms with Gasteiger partial charge in [-0.15, -0.1) is 0 Å². The predicted octanol–water partition coefficient (Wildman–Crippen LogP) is 2.60. The molecule has 1 aliphatic rings. The van der Waals surface area contributed by atoms with Crippen LogP contribution in [0.2, 0.25) is 0 Å². The molecule has 1 atom stereocenters. The van der Waals surface area contributed by atoms with Crippen LogP contribution in [0.15, 0.2) is 48.5 Å². The molecule has 1 aliphatic heterocycles. The number of carboxylic acid groups (broad SMARTS) is 1. The lowest BCUT2D eigenvalue weighted by molar-refractivity contribution is -0.138. The molecule has 124 valence electrons. The highest BCUT2D eigenvalue weighted by molar-refractivity contribution is 5.86. The Hall–Kier alpha value is -3.09. The number of carbonyl (C=O) groups is 2. The number of nitrogens with one attached hydrogen (secondary N) is 1. The van der Waals surface area contributed by atoms with Gasteiger partial charge in [-0.25, -0.2) is 14.0 Å². The van der Waals surface area contributed by atoms with Crippen molar-refractivity contribution in [2.24, 2.45) is 0 Å². The lowest BCUT2D eigenvalue weighted by Gasteiger charge is -2.14. The Labute approximate surface area is 137 Å². The van der Waals surface area contributed by atoms with Gasteiger partial charge in [-0.3, -0.25) is 0 Å². The molecule has 0 aromatic heterocycles. The fourth-order valence-corrected chi connectivity index (χ4v) is 2.39. The number of ether oxygens (including phenoxy) is 1. The van der Waals surface area contributed by atoms with Crippen LogP contribution < -0.4 is 10.1 Å². The largest absolute Gasteiger partial charge is 0.480 e. The fraction of sp³-hybridized carbons (Fsp3) is 0.176. The van der Waals surface area contributed by atoms with E-state index in [9.17, 15) is 14.0 Å². The third-order valence-electron chi connectivity index (χ3n) is 3.63. The number of carbonyl (C=O) groups excluding carboxylic acids is 1. The maximum atomic E-state index is 12.9. The van der Waals surface area contributed by atoms with E-state index in [1.165, 1.54) is 29.2 Å². The summed E-state index contributed by atoms with van der Waals surface area (Å²) in [5.41, 5.74) is 0.850. The first-order valence-electron chi connectivity index (χ1n) is 7.32. The summed E-state index contributed by atoms with van der Waals surface area (Å²) in [4.78, 5) is 24.1. The van der Waals surface area contributed by atoms with Crippen molar-refractivity contribution in [3.05, 3.63) is 59.9 Å². The second-order valence-electron chi connectivity index (χ2n) is 5.42. The standard InChI is InChI=1S/C17H15FN2O4/c18-12-3-7-14(8-4-12)24-13-5-1-11(2-6-13)9-20-10-15(16(21)22)19-17(20)23/h1-8,15H,9-10H2,(H,19,23)(H,21,22). The van der Waals surface area contributed by atoms with Gasteiger partial charge in [0.1, 0.15) is 23.4 Å². The normalized spacial score (nSPS) is 16.8. The smallest absolute Gasteiger partial charge is 0.328 e. The molecule has 2 N–H and O–H groups in total. The van der Waals surface area contributed by atoms with E-state index in [2.05, 4.69) is 5.32 Å². The Morgan fingerprint density at radius 3 is 2.29 bits per heavy atom. The van der Waals surface area contributed by atoms with Gasteiger partial charge >= 0.3 is 12.0 Å². The topological polar surface area (TPSA) is 78.9 Å². The minimum Gasteiger partial charge on any atom is -0.480 e. The highest BCUT2D eigenvalue weighted by Crippen LogP contribution is 2.22. The molecule has 0 radical (unpaired) electrons. The third kappa shape index (κ3) is 3.62. The van der Waals surface area contributed by atoms with Crippen LogP contribution in [-0.4, -0.2) is 34.6 Å². The Bertz CT molecular complexity index is 746. The van der Waals surface area contributed by atoms with Crippen LogP contribution >= 0.6 is 0 Å². The Morgan fingerprint density at radius 1 is 1.17 bits per heavy atom. The van der Waals surface area contributed by atoms with Crippen LogP contribution in [0.3, 0.4) is 0 Å². The molecular weight excluding hydrogens is 315 g/mol. The van der Waals surface area contributed by atoms with E-state index in [0.717, 1.165) is 5.56 Å². The zero-order valence-corrected chi connectivity index (χ0v) is 12.6. The molecular formula is C17H15FN2O4. The average molecular weight is 330 g/mol. The SMILES string of the molecule is O=C(O)C1CN(Cc2ccc(Oc3ccc(F)cc3)cc2)C(=O)N1. The quantitative estimate of drug-likeness (QED) is 0.883. The molecule has 0 spiro atoms. The summed E-state index contributed by atoms with van der Waals surface area (Å²) in [6, 6.07) is 11.5. The van der Waals surface area contributed by atoms with E-state index in [4.69, 9.17) is 9.84 Å². The molecule has 24 heavy (non-hydrogen) atoms. The van der Waals surface area contributed by atoms with Crippen LogP contribution in [0.1, 0.15) is 5.56 Å². The molecule has 0 saturated carbocycles. The third-order valence-corrected chi connectivity index (χ3v) is 3.63. The minimum atomic E-state index is -1.05. The Morgan fingerprint density at radius 2 is 1.75 bits per heavy atom. The van der Waals surface area contributed by atoms with Crippen molar-refractivity contribution in [3.8, 4) is 11.5 Å². The molecule has 2 aromatic carbocycles. The molecule has 0 aliphatic carbocycles. The Balaban J connectivity index is 1.61. The van der Waals surface area contributed by atoms with Crippen molar-refractivity contribution >= 4 is 12.0 Å². The number of amides is 2. The number of rotatable bonds is 5. The number of benzene rings is 2. The second-order valence-corrected chi connectivity index (χ2v) is 5.42. The number of nitrogens with zero attached hydrogens (tertiary/aromatic N) is 1. The van der Waals surface area contributed by atoms with E-state index in [-0.39, 0.29) is 12.4 Å². The zero-order chi connectivity index (χ0) is 17.1. The summed E-state index contributed by atoms with van der Waals surface area (Å²) in [7, 11) is 0. The molecule has 2 aromatic rings. The van der Waals surface area contributed by atoms with Gasteiger partial charge in [0.15, 0.2) is 0 Å². The number of halogens is 1. The van der Waals surface area contributed by atoms with Crippen LogP contribution in [0.25, 0.3) is 0 Å². The van der Waals surface area contributed by atoms with Crippen molar-refractivity contribution in [2.45, 2.75) is 12.6 Å². The molecule has 1 unspecified atom stereocenters. The molecule has 1 heterocycles. The van der Waals surface area contributed by atoms with Crippen LogP contribution in [-0.2, 0) is 11.3 Å². The molecule has 1 saturated heterocycles. The first-order chi connectivity index (χ1) is 11.5. The molecule has 3 rings (SSSR count). The minimum absolute atomic E-state index is 0.127. The molecule has 1 fully saturated rings. The van der Waals surface area contributed by atoms with E-state index in [0.29, 0.717) is 18.0 Å². The number of hydrogen-bond donors (Lipinski definition) is 2. The average Bonchev–Trinajstić information content (AvgIpc) is 2.93. The molecule has 0 bridgehead atoms. The fourth-order valence-electron chi connectivity index (χ4n) is 2.39. The van der Waals surface area contributed by atoms with Gasteiger partial charge in [0.2, 0.25) is 0 Å². The van der Waals surface area contributed by atoms with Gasteiger partial charge in [0.25, 0.3) is 0 Å². The van der Waals surface area contributed by atoms with Crippen LogP contribution in [0.4, 0.5) is 9.18 Å². The maximum Gasteiger partial charge on any atom is 0.328 e. The monoisotopic (exact) mass is 330 g/mol. The summed E-state index contributed by atoms with van der Waals surface area (Å²) in [5, 5.41) is 11.3. The van der Waals surface area contributed by atoms with Crippen molar-refractivity contribution in [1.82, 2.24) is 10.2 Å². The summed E-state index contributed by atoms with van der Waals surface area (Å²) in [6.45, 7) is 0.439. The zero-order valence-electron chi connectivity index (χ0n) is 12.6. The maximum absolute atomic E-state index is 12.9. The van der Waals surface area contributed by atoms with Crippen molar-refractivity contribution in [1.29, 1.82) is 0 Å². The predicted molar refractivity (Wildman–Crippen MR) is 83.3 cm³/mol. The molecule has 7 heteroatoms.